The second-order valence-corrected chi connectivity index (χ2v) is 7.78. The molecule has 0 bridgehead atoms. The molecule has 1 amide bonds. The summed E-state index contributed by atoms with van der Waals surface area (Å²) in [6.07, 6.45) is 0.550. The van der Waals surface area contributed by atoms with E-state index < -0.39 is 22.0 Å². The first-order chi connectivity index (χ1) is 12.3. The first-order valence-electron chi connectivity index (χ1n) is 8.17. The number of hydrogen-bond donors (Lipinski definition) is 1. The Morgan fingerprint density at radius 2 is 2.12 bits per heavy atom. The molecule has 1 saturated heterocycles. The molecule has 0 aliphatic carbocycles. The van der Waals surface area contributed by atoms with Crippen LogP contribution in [-0.2, 0) is 35.5 Å². The lowest BCUT2D eigenvalue weighted by atomic mass is 10.2. The van der Waals surface area contributed by atoms with Crippen molar-refractivity contribution in [3.63, 3.8) is 0 Å². The predicted molar refractivity (Wildman–Crippen MR) is 92.1 cm³/mol. The van der Waals surface area contributed by atoms with E-state index in [0.29, 0.717) is 31.8 Å². The van der Waals surface area contributed by atoms with Gasteiger partial charge >= 0.3 is 5.97 Å². The van der Waals surface area contributed by atoms with Crippen molar-refractivity contribution in [2.24, 2.45) is 5.14 Å². The summed E-state index contributed by atoms with van der Waals surface area (Å²) in [7, 11) is -2.48. The Morgan fingerprint density at radius 1 is 1.35 bits per heavy atom. The van der Waals surface area contributed by atoms with Crippen LogP contribution in [0.1, 0.15) is 5.56 Å². The number of sulfonamides is 1. The average Bonchev–Trinajstić information content (AvgIpc) is 3.04. The van der Waals surface area contributed by atoms with Crippen molar-refractivity contribution in [1.29, 1.82) is 0 Å². The first kappa shape index (κ1) is 18.8. The zero-order valence-electron chi connectivity index (χ0n) is 14.4. The molecule has 0 spiro atoms. The van der Waals surface area contributed by atoms with E-state index in [2.05, 4.69) is 0 Å². The molecule has 2 N–H and O–H groups in total. The molecule has 2 heterocycles. The van der Waals surface area contributed by atoms with E-state index in [-0.39, 0.29) is 24.0 Å². The Balaban J connectivity index is 1.75. The molecule has 0 saturated carbocycles. The van der Waals surface area contributed by atoms with Gasteiger partial charge in [0.15, 0.2) is 0 Å². The van der Waals surface area contributed by atoms with E-state index in [1.807, 2.05) is 0 Å². The highest BCUT2D eigenvalue weighted by molar-refractivity contribution is 7.89. The van der Waals surface area contributed by atoms with E-state index in [9.17, 15) is 18.0 Å². The molecule has 0 radical (unpaired) electrons. The number of carbonyl (C=O) groups excluding carboxylic acids is 2. The normalized spacial score (nSPS) is 20.7. The number of amides is 1. The third-order valence-electron chi connectivity index (χ3n) is 4.63. The molecule has 2 aliphatic rings. The number of anilines is 1. The molecule has 0 aromatic heterocycles. The van der Waals surface area contributed by atoms with Crippen LogP contribution in [-0.4, -0.2) is 71.2 Å². The maximum Gasteiger partial charge on any atom is 0.325 e. The molecule has 26 heavy (non-hydrogen) atoms. The summed E-state index contributed by atoms with van der Waals surface area (Å²) in [5.74, 6) is -0.597. The predicted octanol–water partition coefficient (Wildman–Crippen LogP) is -0.903. The van der Waals surface area contributed by atoms with Crippen LogP contribution in [0.25, 0.3) is 0 Å². The molecule has 142 valence electrons. The minimum atomic E-state index is -3.78. The molecule has 3 rings (SSSR count). The van der Waals surface area contributed by atoms with Crippen LogP contribution in [0.2, 0.25) is 0 Å². The van der Waals surface area contributed by atoms with Gasteiger partial charge in [-0.15, -0.1) is 0 Å². The third kappa shape index (κ3) is 3.73. The SMILES string of the molecule is COC(=O)[C@@H]1COCCN1CC(=O)N1CCc2cc(S(N)(=O)=O)ccc21. The molecule has 0 unspecified atom stereocenters. The number of hydrogen-bond acceptors (Lipinski definition) is 7. The number of methoxy groups -OCH3 is 1. The lowest BCUT2D eigenvalue weighted by molar-refractivity contribution is -0.153. The van der Waals surface area contributed by atoms with Crippen LogP contribution >= 0.6 is 0 Å². The van der Waals surface area contributed by atoms with Gasteiger partial charge in [-0.25, -0.2) is 13.6 Å². The van der Waals surface area contributed by atoms with Crippen LogP contribution in [0, 0.1) is 0 Å². The summed E-state index contributed by atoms with van der Waals surface area (Å²) >= 11 is 0. The Labute approximate surface area is 151 Å². The standard InChI is InChI=1S/C16H21N3O6S/c1-24-16(21)14-10-25-7-6-18(14)9-15(20)19-5-4-11-8-12(26(17,22)23)2-3-13(11)19/h2-3,8,14H,4-7,9-10H2,1H3,(H2,17,22,23)/t14-/m0/s1. The van der Waals surface area contributed by atoms with Gasteiger partial charge in [-0.1, -0.05) is 0 Å². The molecular weight excluding hydrogens is 362 g/mol. The molecular formula is C16H21N3O6S. The smallest absolute Gasteiger partial charge is 0.325 e. The summed E-state index contributed by atoms with van der Waals surface area (Å²) in [5.41, 5.74) is 1.43. The lowest BCUT2D eigenvalue weighted by Crippen LogP contribution is -2.53. The van der Waals surface area contributed by atoms with Crippen LogP contribution in [0.4, 0.5) is 5.69 Å². The number of nitrogens with zero attached hydrogens (tertiary/aromatic N) is 2. The largest absolute Gasteiger partial charge is 0.468 e. The monoisotopic (exact) mass is 383 g/mol. The van der Waals surface area contributed by atoms with Crippen molar-refractivity contribution in [3.05, 3.63) is 23.8 Å². The highest BCUT2D eigenvalue weighted by atomic mass is 32.2. The second kappa shape index (κ2) is 7.31. The van der Waals surface area contributed by atoms with Gasteiger partial charge in [0.25, 0.3) is 0 Å². The number of morpholine rings is 1. The minimum absolute atomic E-state index is 0.0319. The second-order valence-electron chi connectivity index (χ2n) is 6.22. The quantitative estimate of drug-likeness (QED) is 0.669. The first-order valence-corrected chi connectivity index (χ1v) is 9.71. The Kier molecular flexibility index (Phi) is 5.28. The van der Waals surface area contributed by atoms with Crippen molar-refractivity contribution in [2.45, 2.75) is 17.4 Å². The highest BCUT2D eigenvalue weighted by Gasteiger charge is 2.34. The van der Waals surface area contributed by atoms with Crippen molar-refractivity contribution in [3.8, 4) is 0 Å². The molecule has 9 nitrogen and oxygen atoms in total. The fourth-order valence-electron chi connectivity index (χ4n) is 3.25. The molecule has 1 aromatic rings. The van der Waals surface area contributed by atoms with E-state index in [1.54, 1.807) is 15.9 Å². The van der Waals surface area contributed by atoms with Gasteiger partial charge in [-0.05, 0) is 30.2 Å². The fourth-order valence-corrected chi connectivity index (χ4v) is 3.82. The van der Waals surface area contributed by atoms with Crippen LogP contribution in [0.15, 0.2) is 23.1 Å². The van der Waals surface area contributed by atoms with Gasteiger partial charge in [0, 0.05) is 18.8 Å². The number of ether oxygens (including phenoxy) is 2. The topological polar surface area (TPSA) is 119 Å². The van der Waals surface area contributed by atoms with E-state index in [1.165, 1.54) is 19.2 Å². The summed E-state index contributed by atoms with van der Waals surface area (Å²) in [5, 5.41) is 5.16. The zero-order valence-corrected chi connectivity index (χ0v) is 15.2. The molecule has 1 aromatic carbocycles. The summed E-state index contributed by atoms with van der Waals surface area (Å²) in [6.45, 7) is 1.59. The van der Waals surface area contributed by atoms with E-state index >= 15 is 0 Å². The Hall–Kier alpha value is -2.01. The van der Waals surface area contributed by atoms with Gasteiger partial charge in [-0.2, -0.15) is 0 Å². The number of benzene rings is 1. The van der Waals surface area contributed by atoms with Gasteiger partial charge in [0.2, 0.25) is 15.9 Å². The van der Waals surface area contributed by atoms with Gasteiger partial charge < -0.3 is 14.4 Å². The zero-order chi connectivity index (χ0) is 18.9. The third-order valence-corrected chi connectivity index (χ3v) is 5.54. The summed E-state index contributed by atoms with van der Waals surface area (Å²) < 4.78 is 33.0. The van der Waals surface area contributed by atoms with Crippen molar-refractivity contribution in [1.82, 2.24) is 4.90 Å². The summed E-state index contributed by atoms with van der Waals surface area (Å²) in [6, 6.07) is 3.89. The van der Waals surface area contributed by atoms with Gasteiger partial charge in [0.1, 0.15) is 6.04 Å². The van der Waals surface area contributed by atoms with E-state index in [4.69, 9.17) is 14.6 Å². The average molecular weight is 383 g/mol. The number of esters is 1. The van der Waals surface area contributed by atoms with Crippen LogP contribution < -0.4 is 10.0 Å². The van der Waals surface area contributed by atoms with E-state index in [0.717, 1.165) is 5.56 Å². The van der Waals surface area contributed by atoms with Crippen molar-refractivity contribution >= 4 is 27.6 Å². The highest BCUT2D eigenvalue weighted by Crippen LogP contribution is 2.30. The van der Waals surface area contributed by atoms with Crippen LogP contribution in [0.5, 0.6) is 0 Å². The van der Waals surface area contributed by atoms with Gasteiger partial charge in [0.05, 0.1) is 31.8 Å². The Bertz CT molecular complexity index is 825. The number of nitrogens with two attached hydrogens (primary N) is 1. The number of fused-ring (bicyclic) bond motifs is 1. The minimum Gasteiger partial charge on any atom is -0.468 e. The van der Waals surface area contributed by atoms with Crippen LogP contribution in [0.3, 0.4) is 0 Å². The molecule has 1 fully saturated rings. The lowest BCUT2D eigenvalue weighted by Gasteiger charge is -2.34. The molecule has 2 aliphatic heterocycles. The summed E-state index contributed by atoms with van der Waals surface area (Å²) in [4.78, 5) is 28.0. The molecule has 1 atom stereocenters. The Morgan fingerprint density at radius 3 is 2.81 bits per heavy atom. The number of carbonyl (C=O) groups is 2. The maximum absolute atomic E-state index is 12.8. The fraction of sp³-hybridized carbons (Fsp3) is 0.500. The number of rotatable bonds is 4. The van der Waals surface area contributed by atoms with Crippen molar-refractivity contribution < 1.29 is 27.5 Å². The maximum atomic E-state index is 12.8. The molecule has 10 heteroatoms. The van der Waals surface area contributed by atoms with Crippen molar-refractivity contribution in [2.75, 3.05) is 44.9 Å². The van der Waals surface area contributed by atoms with Gasteiger partial charge in [-0.3, -0.25) is 14.5 Å². The number of primary sulfonamides is 1.